The van der Waals surface area contributed by atoms with E-state index < -0.39 is 17.8 Å². The van der Waals surface area contributed by atoms with E-state index in [0.717, 1.165) is 0 Å². The number of likely N-dealkylation sites (tertiary alicyclic amines) is 1. The highest BCUT2D eigenvalue weighted by molar-refractivity contribution is 6.30. The Balaban J connectivity index is 2.19. The van der Waals surface area contributed by atoms with E-state index in [1.165, 1.54) is 0 Å². The molecule has 1 saturated heterocycles. The van der Waals surface area contributed by atoms with Gasteiger partial charge in [-0.1, -0.05) is 23.7 Å². The zero-order chi connectivity index (χ0) is 16.7. The van der Waals surface area contributed by atoms with E-state index in [4.69, 9.17) is 16.3 Å². The molecule has 122 valence electrons. The second-order valence-electron chi connectivity index (χ2n) is 7.43. The van der Waals surface area contributed by atoms with Crippen molar-refractivity contribution in [3.05, 3.63) is 34.9 Å². The maximum absolute atomic E-state index is 12.4. The van der Waals surface area contributed by atoms with Crippen LogP contribution >= 0.6 is 11.6 Å². The zero-order valence-corrected chi connectivity index (χ0v) is 14.5. The number of ether oxygens (including phenoxy) is 1. The number of aliphatic hydroxyl groups is 1. The average molecular weight is 326 g/mol. The van der Waals surface area contributed by atoms with Crippen LogP contribution in [0.5, 0.6) is 0 Å². The van der Waals surface area contributed by atoms with Gasteiger partial charge in [-0.25, -0.2) is 4.79 Å². The maximum atomic E-state index is 12.4. The number of amides is 1. The minimum absolute atomic E-state index is 0.302. The first-order chi connectivity index (χ1) is 10.0. The molecule has 22 heavy (non-hydrogen) atoms. The topological polar surface area (TPSA) is 49.8 Å². The van der Waals surface area contributed by atoms with Gasteiger partial charge in [-0.2, -0.15) is 0 Å². The number of benzene rings is 1. The van der Waals surface area contributed by atoms with Crippen molar-refractivity contribution in [2.45, 2.75) is 64.3 Å². The van der Waals surface area contributed by atoms with Crippen molar-refractivity contribution < 1.29 is 14.6 Å². The van der Waals surface area contributed by atoms with Crippen LogP contribution < -0.4 is 0 Å². The molecule has 0 bridgehead atoms. The molecule has 5 heteroatoms. The van der Waals surface area contributed by atoms with Gasteiger partial charge in [0.1, 0.15) is 5.60 Å². The predicted molar refractivity (Wildman–Crippen MR) is 87.0 cm³/mol. The molecule has 1 N–H and O–H groups in total. The number of carbonyl (C=O) groups excluding carboxylic acids is 1. The van der Waals surface area contributed by atoms with Crippen molar-refractivity contribution in [1.29, 1.82) is 0 Å². The number of aliphatic hydroxyl groups excluding tert-OH is 1. The summed E-state index contributed by atoms with van der Waals surface area (Å²) < 4.78 is 5.47. The second kappa shape index (κ2) is 5.74. The Morgan fingerprint density at radius 1 is 1.45 bits per heavy atom. The van der Waals surface area contributed by atoms with Gasteiger partial charge in [-0.3, -0.25) is 4.90 Å². The van der Waals surface area contributed by atoms with E-state index in [-0.39, 0.29) is 11.6 Å². The molecule has 4 nitrogen and oxygen atoms in total. The largest absolute Gasteiger partial charge is 0.444 e. The van der Waals surface area contributed by atoms with Gasteiger partial charge in [0.05, 0.1) is 12.1 Å². The lowest BCUT2D eigenvalue weighted by atomic mass is 9.77. The van der Waals surface area contributed by atoms with Crippen molar-refractivity contribution in [3.8, 4) is 0 Å². The van der Waals surface area contributed by atoms with E-state index in [9.17, 15) is 9.90 Å². The highest BCUT2D eigenvalue weighted by Crippen LogP contribution is 2.43. The summed E-state index contributed by atoms with van der Waals surface area (Å²) in [5, 5.41) is 11.2. The van der Waals surface area contributed by atoms with E-state index in [2.05, 4.69) is 0 Å². The number of hydrogen-bond acceptors (Lipinski definition) is 3. The number of halogens is 1. The van der Waals surface area contributed by atoms with Crippen LogP contribution in [0.1, 0.15) is 52.7 Å². The predicted octanol–water partition coefficient (Wildman–Crippen LogP) is 4.16. The van der Waals surface area contributed by atoms with Crippen LogP contribution in [0.2, 0.25) is 5.02 Å². The van der Waals surface area contributed by atoms with Crippen LogP contribution in [0, 0.1) is 0 Å². The third kappa shape index (κ3) is 3.55. The first-order valence-electron chi connectivity index (χ1n) is 7.47. The van der Waals surface area contributed by atoms with Crippen LogP contribution in [0.3, 0.4) is 0 Å². The number of rotatable bonds is 2. The molecule has 1 aliphatic rings. The molecule has 1 heterocycles. The first-order valence-corrected chi connectivity index (χ1v) is 7.85. The lowest BCUT2D eigenvalue weighted by Gasteiger charge is -2.56. The molecule has 0 spiro atoms. The van der Waals surface area contributed by atoms with Crippen LogP contribution in [0.4, 0.5) is 4.79 Å². The Morgan fingerprint density at radius 2 is 2.09 bits per heavy atom. The van der Waals surface area contributed by atoms with Gasteiger partial charge in [0.15, 0.2) is 0 Å². The van der Waals surface area contributed by atoms with Crippen molar-refractivity contribution in [2.75, 3.05) is 0 Å². The number of hydrogen-bond donors (Lipinski definition) is 1. The van der Waals surface area contributed by atoms with Gasteiger partial charge in [-0.05, 0) is 58.7 Å². The molecular weight excluding hydrogens is 302 g/mol. The highest BCUT2D eigenvalue weighted by Gasteiger charge is 2.52. The molecule has 1 aliphatic heterocycles. The average Bonchev–Trinajstić information content (AvgIpc) is 2.33. The van der Waals surface area contributed by atoms with Crippen molar-refractivity contribution >= 4 is 17.7 Å². The molecule has 0 radical (unpaired) electrons. The summed E-state index contributed by atoms with van der Waals surface area (Å²) in [4.78, 5) is 14.1. The van der Waals surface area contributed by atoms with E-state index in [0.29, 0.717) is 17.0 Å². The molecule has 0 saturated carbocycles. The fourth-order valence-corrected chi connectivity index (χ4v) is 3.10. The quantitative estimate of drug-likeness (QED) is 0.888. The van der Waals surface area contributed by atoms with Gasteiger partial charge in [0, 0.05) is 10.6 Å². The monoisotopic (exact) mass is 325 g/mol. The van der Waals surface area contributed by atoms with E-state index >= 15 is 0 Å². The minimum atomic E-state index is -0.778. The first kappa shape index (κ1) is 17.1. The van der Waals surface area contributed by atoms with Crippen LogP contribution in [-0.4, -0.2) is 33.3 Å². The van der Waals surface area contributed by atoms with Gasteiger partial charge < -0.3 is 9.84 Å². The van der Waals surface area contributed by atoms with Crippen LogP contribution in [0.15, 0.2) is 24.3 Å². The second-order valence-corrected chi connectivity index (χ2v) is 7.87. The minimum Gasteiger partial charge on any atom is -0.444 e. The zero-order valence-electron chi connectivity index (χ0n) is 13.8. The van der Waals surface area contributed by atoms with Gasteiger partial charge in [-0.15, -0.1) is 0 Å². The molecule has 1 amide bonds. The fourth-order valence-electron chi connectivity index (χ4n) is 2.90. The fraction of sp³-hybridized carbons (Fsp3) is 0.588. The summed E-state index contributed by atoms with van der Waals surface area (Å²) in [6.07, 6.45) is -0.464. The Bertz CT molecular complexity index is 565. The molecule has 2 rings (SSSR count). The third-order valence-electron chi connectivity index (χ3n) is 3.84. The van der Waals surface area contributed by atoms with Crippen LogP contribution in [-0.2, 0) is 4.74 Å². The third-order valence-corrected chi connectivity index (χ3v) is 4.07. The Morgan fingerprint density at radius 3 is 2.59 bits per heavy atom. The van der Waals surface area contributed by atoms with Gasteiger partial charge in [0.2, 0.25) is 0 Å². The smallest absolute Gasteiger partial charge is 0.411 e. The summed E-state index contributed by atoms with van der Waals surface area (Å²) >= 11 is 5.98. The van der Waals surface area contributed by atoms with Crippen molar-refractivity contribution in [3.63, 3.8) is 0 Å². The normalized spacial score (nSPS) is 22.0. The molecule has 0 aliphatic carbocycles. The SMILES string of the molecule is CC(C)(C)OC(=O)N1C([C@@H](O)c2cccc(Cl)c2)CC1(C)C. The van der Waals surface area contributed by atoms with Crippen LogP contribution in [0.25, 0.3) is 0 Å². The van der Waals surface area contributed by atoms with Crippen molar-refractivity contribution in [2.24, 2.45) is 0 Å². The molecule has 0 aromatic heterocycles. The molecule has 1 aromatic carbocycles. The van der Waals surface area contributed by atoms with E-state index in [1.807, 2.05) is 40.7 Å². The number of carbonyl (C=O) groups is 1. The molecule has 1 unspecified atom stereocenters. The summed E-state index contributed by atoms with van der Waals surface area (Å²) in [6, 6.07) is 6.79. The summed E-state index contributed by atoms with van der Waals surface area (Å²) in [5.41, 5.74) is -0.178. The van der Waals surface area contributed by atoms with E-state index in [1.54, 1.807) is 23.1 Å². The Hall–Kier alpha value is -1.26. The molecule has 1 aromatic rings. The summed E-state index contributed by atoms with van der Waals surface area (Å²) in [5.74, 6) is 0. The molecular formula is C17H24ClNO3. The van der Waals surface area contributed by atoms with Crippen molar-refractivity contribution in [1.82, 2.24) is 4.90 Å². The molecule has 1 fully saturated rings. The Kier molecular flexibility index (Phi) is 4.46. The Labute approximate surface area is 137 Å². The van der Waals surface area contributed by atoms with Gasteiger partial charge >= 0.3 is 6.09 Å². The summed E-state index contributed by atoms with van der Waals surface area (Å²) in [7, 11) is 0. The molecule has 2 atom stereocenters. The number of nitrogens with zero attached hydrogens (tertiary/aromatic N) is 1. The lowest BCUT2D eigenvalue weighted by Crippen LogP contribution is -2.67. The highest BCUT2D eigenvalue weighted by atomic mass is 35.5. The lowest BCUT2D eigenvalue weighted by molar-refractivity contribution is -0.105. The summed E-state index contributed by atoms with van der Waals surface area (Å²) in [6.45, 7) is 9.44. The van der Waals surface area contributed by atoms with Gasteiger partial charge in [0.25, 0.3) is 0 Å². The maximum Gasteiger partial charge on any atom is 0.411 e. The standard InChI is InChI=1S/C17H24ClNO3/c1-16(2,3)22-15(21)19-13(10-17(19,4)5)14(20)11-7-6-8-12(18)9-11/h6-9,13-14,20H,10H2,1-5H3/t13?,14-/m0/s1.